The van der Waals surface area contributed by atoms with Crippen molar-refractivity contribution >= 4 is 23.5 Å². The smallest absolute Gasteiger partial charge is 0.289 e. The molecule has 0 aliphatic carbocycles. The summed E-state index contributed by atoms with van der Waals surface area (Å²) in [5.41, 5.74) is 0.709. The quantitative estimate of drug-likeness (QED) is 0.587. The zero-order valence-electron chi connectivity index (χ0n) is 11.9. The van der Waals surface area contributed by atoms with Gasteiger partial charge in [0.1, 0.15) is 11.5 Å². The Labute approximate surface area is 138 Å². The highest BCUT2D eigenvalue weighted by Gasteiger charge is 2.13. The van der Waals surface area contributed by atoms with Gasteiger partial charge in [0.05, 0.1) is 7.11 Å². The Hall–Kier alpha value is -1.66. The first-order valence-electron chi connectivity index (χ1n) is 6.17. The van der Waals surface area contributed by atoms with Crippen LogP contribution in [0.15, 0.2) is 30.9 Å². The van der Waals surface area contributed by atoms with E-state index < -0.39 is 0 Å². The predicted molar refractivity (Wildman–Crippen MR) is 80.8 cm³/mol. The van der Waals surface area contributed by atoms with Crippen molar-refractivity contribution in [1.29, 1.82) is 0 Å². The van der Waals surface area contributed by atoms with Crippen molar-refractivity contribution in [2.75, 3.05) is 7.11 Å². The number of aromatic nitrogens is 2. The van der Waals surface area contributed by atoms with Gasteiger partial charge in [-0.2, -0.15) is 0 Å². The molecule has 4 nitrogen and oxygen atoms in total. The maximum atomic E-state index is 9.84. The Balaban J connectivity index is 0.00000220. The zero-order chi connectivity index (χ0) is 14.5. The molecule has 0 atom stereocenters. The van der Waals surface area contributed by atoms with Gasteiger partial charge < -0.3 is 26.8 Å². The predicted octanol–water partition coefficient (Wildman–Crippen LogP) is -0.186. The first-order valence-corrected chi connectivity index (χ1v) is 6.99. The summed E-state index contributed by atoms with van der Waals surface area (Å²) in [7, 11) is 1.60. The number of hydrogen-bond donors (Lipinski definition) is 1. The number of halogens is 1. The molecule has 0 saturated heterocycles. The van der Waals surface area contributed by atoms with Gasteiger partial charge >= 0.3 is 0 Å². The standard InChI is InChI=1S/C15H16N2O2S.BrH/c1-4-9-17-15(20-11(2)16-17)8-5-12-10-13(19-3)6-7-14(12)18;/h4-8,10H,1,9H2,2-3H3;1H. The van der Waals surface area contributed by atoms with E-state index in [1.807, 2.05) is 23.8 Å². The van der Waals surface area contributed by atoms with E-state index in [2.05, 4.69) is 11.7 Å². The monoisotopic (exact) mass is 368 g/mol. The molecule has 2 aromatic rings. The van der Waals surface area contributed by atoms with Crippen LogP contribution >= 0.6 is 11.3 Å². The van der Waals surface area contributed by atoms with Crippen LogP contribution in [0.4, 0.5) is 0 Å². The zero-order valence-corrected chi connectivity index (χ0v) is 14.3. The molecule has 1 aromatic heterocycles. The van der Waals surface area contributed by atoms with Gasteiger partial charge in [-0.15, -0.1) is 0 Å². The van der Waals surface area contributed by atoms with E-state index in [0.29, 0.717) is 17.9 Å². The fourth-order valence-electron chi connectivity index (χ4n) is 1.77. The van der Waals surface area contributed by atoms with Crippen LogP contribution in [0.2, 0.25) is 0 Å². The van der Waals surface area contributed by atoms with Crippen LogP contribution < -0.4 is 26.4 Å². The van der Waals surface area contributed by atoms with Crippen molar-refractivity contribution in [2.24, 2.45) is 0 Å². The summed E-state index contributed by atoms with van der Waals surface area (Å²) in [6.45, 7) is 6.35. The van der Waals surface area contributed by atoms with Crippen molar-refractivity contribution in [3.05, 3.63) is 46.4 Å². The van der Waals surface area contributed by atoms with Crippen molar-refractivity contribution in [3.8, 4) is 11.5 Å². The van der Waals surface area contributed by atoms with Gasteiger partial charge in [-0.3, -0.25) is 0 Å². The summed E-state index contributed by atoms with van der Waals surface area (Å²) in [6.07, 6.45) is 5.59. The van der Waals surface area contributed by atoms with Crippen LogP contribution in [0.5, 0.6) is 11.5 Å². The number of aromatic hydroxyl groups is 1. The molecule has 1 aromatic carbocycles. The minimum Gasteiger partial charge on any atom is -1.00 e. The van der Waals surface area contributed by atoms with Crippen LogP contribution in [0, 0.1) is 6.92 Å². The van der Waals surface area contributed by atoms with Gasteiger partial charge in [0.2, 0.25) is 0 Å². The summed E-state index contributed by atoms with van der Waals surface area (Å²) in [6, 6.07) is 5.13. The fourth-order valence-corrected chi connectivity index (χ4v) is 2.57. The molecule has 0 amide bonds. The SMILES string of the molecule is C=CC[n+]1nc(C)sc1/C=C/c1cc(OC)ccc1O.[Br-]. The lowest BCUT2D eigenvalue weighted by atomic mass is 10.2. The Morgan fingerprint density at radius 1 is 1.43 bits per heavy atom. The molecule has 1 N–H and O–H groups in total. The second kappa shape index (κ2) is 7.95. The van der Waals surface area contributed by atoms with E-state index >= 15 is 0 Å². The Morgan fingerprint density at radius 2 is 2.19 bits per heavy atom. The maximum absolute atomic E-state index is 9.84. The minimum atomic E-state index is 0. The highest BCUT2D eigenvalue weighted by molar-refractivity contribution is 7.11. The van der Waals surface area contributed by atoms with Crippen molar-refractivity contribution < 1.29 is 31.5 Å². The van der Waals surface area contributed by atoms with Crippen molar-refractivity contribution in [1.82, 2.24) is 5.10 Å². The van der Waals surface area contributed by atoms with E-state index in [4.69, 9.17) is 4.74 Å². The minimum absolute atomic E-state index is 0. The van der Waals surface area contributed by atoms with Crippen molar-refractivity contribution in [3.63, 3.8) is 0 Å². The van der Waals surface area contributed by atoms with E-state index in [1.54, 1.807) is 42.7 Å². The van der Waals surface area contributed by atoms with Crippen molar-refractivity contribution in [2.45, 2.75) is 13.5 Å². The number of benzene rings is 1. The summed E-state index contributed by atoms with van der Waals surface area (Å²) >= 11 is 1.59. The molecular weight excluding hydrogens is 352 g/mol. The maximum Gasteiger partial charge on any atom is 0.289 e. The van der Waals surface area contributed by atoms with Gasteiger partial charge in [-0.1, -0.05) is 11.3 Å². The second-order valence-electron chi connectivity index (χ2n) is 4.19. The number of rotatable bonds is 5. The number of aryl methyl sites for hydroxylation is 1. The molecule has 0 fully saturated rings. The molecule has 0 aliphatic rings. The molecule has 1 heterocycles. The van der Waals surface area contributed by atoms with Gasteiger partial charge in [0.15, 0.2) is 11.6 Å². The Kier molecular flexibility index (Phi) is 6.58. The molecule has 6 heteroatoms. The van der Waals surface area contributed by atoms with Gasteiger partial charge in [-0.25, -0.2) is 0 Å². The molecule has 0 radical (unpaired) electrons. The van der Waals surface area contributed by atoms with Crippen LogP contribution in [-0.2, 0) is 6.54 Å². The van der Waals surface area contributed by atoms with E-state index in [9.17, 15) is 5.11 Å². The summed E-state index contributed by atoms with van der Waals surface area (Å²) < 4.78 is 7.03. The third-order valence-corrected chi connectivity index (χ3v) is 3.64. The Morgan fingerprint density at radius 3 is 2.86 bits per heavy atom. The van der Waals surface area contributed by atoms with Gasteiger partial charge in [-0.05, 0) is 48.6 Å². The fraction of sp³-hybridized carbons (Fsp3) is 0.200. The topological polar surface area (TPSA) is 46.2 Å². The van der Waals surface area contributed by atoms with Crippen LogP contribution in [0.25, 0.3) is 12.2 Å². The van der Waals surface area contributed by atoms with Crippen LogP contribution in [0.3, 0.4) is 0 Å². The molecule has 0 unspecified atom stereocenters. The van der Waals surface area contributed by atoms with Crippen LogP contribution in [0.1, 0.15) is 15.6 Å². The molecule has 0 aliphatic heterocycles. The highest BCUT2D eigenvalue weighted by Crippen LogP contribution is 2.25. The molecular formula is C15H17BrN2O2S. The molecule has 0 saturated carbocycles. The number of phenolic OH excluding ortho intramolecular Hbond substituents is 1. The molecule has 0 spiro atoms. The first-order chi connectivity index (χ1) is 9.63. The lowest BCUT2D eigenvalue weighted by Crippen LogP contribution is -3.00. The molecule has 112 valence electrons. The van der Waals surface area contributed by atoms with E-state index in [-0.39, 0.29) is 22.7 Å². The normalized spacial score (nSPS) is 10.4. The van der Waals surface area contributed by atoms with Gasteiger partial charge in [0.25, 0.3) is 5.01 Å². The molecule has 2 rings (SSSR count). The Bertz CT molecular complexity index is 653. The summed E-state index contributed by atoms with van der Waals surface area (Å²) in [5.74, 6) is 0.931. The first kappa shape index (κ1) is 17.4. The average molecular weight is 369 g/mol. The second-order valence-corrected chi connectivity index (χ2v) is 5.40. The number of phenols is 1. The van der Waals surface area contributed by atoms with Gasteiger partial charge in [0, 0.05) is 16.7 Å². The lowest BCUT2D eigenvalue weighted by molar-refractivity contribution is -0.741. The van der Waals surface area contributed by atoms with E-state index in [0.717, 1.165) is 10.0 Å². The number of allylic oxidation sites excluding steroid dienone is 1. The summed E-state index contributed by atoms with van der Waals surface area (Å²) in [4.78, 5) is 0. The third-order valence-electron chi connectivity index (χ3n) is 2.71. The largest absolute Gasteiger partial charge is 1.00 e. The van der Waals surface area contributed by atoms with Crippen LogP contribution in [-0.4, -0.2) is 17.3 Å². The highest BCUT2D eigenvalue weighted by atomic mass is 79.9. The average Bonchev–Trinajstić information content (AvgIpc) is 2.78. The number of methoxy groups -OCH3 is 1. The third kappa shape index (κ3) is 4.41. The van der Waals surface area contributed by atoms with E-state index in [1.165, 1.54) is 0 Å². The lowest BCUT2D eigenvalue weighted by Gasteiger charge is -2.02. The number of hydrogen-bond acceptors (Lipinski definition) is 4. The summed E-state index contributed by atoms with van der Waals surface area (Å²) in [5, 5.41) is 16.2. The molecule has 0 bridgehead atoms. The molecule has 21 heavy (non-hydrogen) atoms. The number of ether oxygens (including phenoxy) is 1. The number of nitrogens with zero attached hydrogens (tertiary/aromatic N) is 2.